The van der Waals surface area contributed by atoms with Crippen molar-refractivity contribution >= 4 is 33.3 Å². The van der Waals surface area contributed by atoms with E-state index in [9.17, 15) is 9.59 Å². The SMILES string of the molecule is CCCCn1c(S[C@H](C)c2nc3sc4c(c3c(=O)[nH]2)CC[C@H](C)C4)n[nH]c1=O. The number of hydrogen-bond donors (Lipinski definition) is 2. The van der Waals surface area contributed by atoms with Crippen LogP contribution in [0, 0.1) is 5.92 Å². The quantitative estimate of drug-likeness (QED) is 0.595. The Balaban J connectivity index is 1.65. The zero-order valence-corrected chi connectivity index (χ0v) is 18.0. The molecule has 0 spiro atoms. The van der Waals surface area contributed by atoms with Gasteiger partial charge in [0.05, 0.1) is 10.6 Å². The van der Waals surface area contributed by atoms with Crippen molar-refractivity contribution in [3.05, 3.63) is 37.1 Å². The van der Waals surface area contributed by atoms with Crippen molar-refractivity contribution in [2.45, 2.75) is 69.8 Å². The Morgan fingerprint density at radius 1 is 1.39 bits per heavy atom. The molecule has 0 saturated heterocycles. The van der Waals surface area contributed by atoms with Crippen LogP contribution in [0.2, 0.25) is 0 Å². The van der Waals surface area contributed by atoms with E-state index in [0.717, 1.165) is 42.3 Å². The smallest absolute Gasteiger partial charge is 0.309 e. The summed E-state index contributed by atoms with van der Waals surface area (Å²) in [6.07, 6.45) is 5.04. The van der Waals surface area contributed by atoms with E-state index in [-0.39, 0.29) is 16.5 Å². The third-order valence-electron chi connectivity index (χ3n) is 5.31. The number of thiophene rings is 1. The maximum Gasteiger partial charge on any atom is 0.343 e. The Bertz CT molecular complexity index is 1110. The van der Waals surface area contributed by atoms with Crippen molar-refractivity contribution in [2.24, 2.45) is 5.92 Å². The number of aryl methyl sites for hydroxylation is 1. The summed E-state index contributed by atoms with van der Waals surface area (Å²) in [6, 6.07) is 0. The molecule has 0 saturated carbocycles. The van der Waals surface area contributed by atoms with Gasteiger partial charge in [0.15, 0.2) is 5.16 Å². The van der Waals surface area contributed by atoms with Gasteiger partial charge in [0.1, 0.15) is 10.7 Å². The third kappa shape index (κ3) is 3.57. The van der Waals surface area contributed by atoms with E-state index in [1.54, 1.807) is 15.9 Å². The van der Waals surface area contributed by atoms with E-state index in [4.69, 9.17) is 4.98 Å². The Labute approximate surface area is 171 Å². The topological polar surface area (TPSA) is 96.4 Å². The van der Waals surface area contributed by atoms with Crippen LogP contribution in [-0.4, -0.2) is 24.7 Å². The molecule has 0 unspecified atom stereocenters. The summed E-state index contributed by atoms with van der Waals surface area (Å²) in [5.41, 5.74) is 0.949. The molecule has 2 atom stereocenters. The molecule has 0 aromatic carbocycles. The van der Waals surface area contributed by atoms with Crippen LogP contribution in [0.15, 0.2) is 14.7 Å². The van der Waals surface area contributed by atoms with Crippen molar-refractivity contribution in [3.8, 4) is 0 Å². The molecule has 0 radical (unpaired) electrons. The highest BCUT2D eigenvalue weighted by molar-refractivity contribution is 7.99. The summed E-state index contributed by atoms with van der Waals surface area (Å²) in [5.74, 6) is 1.29. The van der Waals surface area contributed by atoms with Crippen molar-refractivity contribution in [3.63, 3.8) is 0 Å². The maximum absolute atomic E-state index is 12.8. The number of fused-ring (bicyclic) bond motifs is 3. The Morgan fingerprint density at radius 3 is 3.00 bits per heavy atom. The zero-order chi connectivity index (χ0) is 19.8. The molecule has 0 fully saturated rings. The average molecular weight is 420 g/mol. The second kappa shape index (κ2) is 7.87. The van der Waals surface area contributed by atoms with Gasteiger partial charge in [-0.25, -0.2) is 14.9 Å². The largest absolute Gasteiger partial charge is 0.343 e. The lowest BCUT2D eigenvalue weighted by Gasteiger charge is -2.17. The Hall–Kier alpha value is -1.87. The van der Waals surface area contributed by atoms with Crippen molar-refractivity contribution < 1.29 is 0 Å². The fourth-order valence-electron chi connectivity index (χ4n) is 3.68. The molecule has 0 bridgehead atoms. The van der Waals surface area contributed by atoms with Crippen molar-refractivity contribution in [2.75, 3.05) is 0 Å². The van der Waals surface area contributed by atoms with Crippen LogP contribution >= 0.6 is 23.1 Å². The molecule has 9 heteroatoms. The minimum absolute atomic E-state index is 0.0510. The van der Waals surface area contributed by atoms with Gasteiger partial charge in [-0.15, -0.1) is 16.4 Å². The Morgan fingerprint density at radius 2 is 2.21 bits per heavy atom. The van der Waals surface area contributed by atoms with E-state index >= 15 is 0 Å². The molecule has 2 N–H and O–H groups in total. The monoisotopic (exact) mass is 419 g/mol. The van der Waals surface area contributed by atoms with Gasteiger partial charge >= 0.3 is 5.69 Å². The van der Waals surface area contributed by atoms with Crippen molar-refractivity contribution in [1.29, 1.82) is 0 Å². The highest BCUT2D eigenvalue weighted by Gasteiger charge is 2.24. The molecular weight excluding hydrogens is 394 g/mol. The van der Waals surface area contributed by atoms with Gasteiger partial charge in [-0.1, -0.05) is 32.0 Å². The first kappa shape index (κ1) is 19.4. The lowest BCUT2D eigenvalue weighted by atomic mass is 9.89. The zero-order valence-electron chi connectivity index (χ0n) is 16.4. The molecule has 1 aliphatic rings. The van der Waals surface area contributed by atoms with E-state index in [1.807, 2.05) is 6.92 Å². The van der Waals surface area contributed by atoms with Gasteiger partial charge in [-0.3, -0.25) is 9.36 Å². The molecule has 3 aromatic heterocycles. The number of thioether (sulfide) groups is 1. The van der Waals surface area contributed by atoms with Crippen LogP contribution in [0.25, 0.3) is 10.2 Å². The highest BCUT2D eigenvalue weighted by Crippen LogP contribution is 2.37. The van der Waals surface area contributed by atoms with Crippen LogP contribution in [0.1, 0.15) is 61.5 Å². The summed E-state index contributed by atoms with van der Waals surface area (Å²) in [4.78, 5) is 34.7. The van der Waals surface area contributed by atoms with E-state index < -0.39 is 0 Å². The van der Waals surface area contributed by atoms with Gasteiger partial charge in [-0.05, 0) is 44.1 Å². The van der Waals surface area contributed by atoms with Crippen LogP contribution in [0.4, 0.5) is 0 Å². The highest BCUT2D eigenvalue weighted by atomic mass is 32.2. The van der Waals surface area contributed by atoms with E-state index in [0.29, 0.717) is 23.4 Å². The number of unbranched alkanes of at least 4 members (excludes halogenated alkanes) is 1. The molecular formula is C19H25N5O2S2. The van der Waals surface area contributed by atoms with Gasteiger partial charge in [0.25, 0.3) is 5.56 Å². The van der Waals surface area contributed by atoms with Crippen LogP contribution in [0.3, 0.4) is 0 Å². The number of nitrogens with one attached hydrogen (secondary N) is 2. The summed E-state index contributed by atoms with van der Waals surface area (Å²) in [7, 11) is 0. The molecule has 7 nitrogen and oxygen atoms in total. The van der Waals surface area contributed by atoms with Gasteiger partial charge in [0, 0.05) is 11.4 Å². The van der Waals surface area contributed by atoms with Gasteiger partial charge < -0.3 is 4.98 Å². The number of H-pyrrole nitrogens is 2. The fourth-order valence-corrected chi connectivity index (χ4v) is 6.01. The number of nitrogens with zero attached hydrogens (tertiary/aromatic N) is 3. The standard InChI is InChI=1S/C19H25N5O2S2/c1-4-5-8-24-18(26)22-23-19(24)27-11(3)15-20-16(25)14-12-7-6-10(2)9-13(12)28-17(14)21-15/h10-11H,4-9H2,1-3H3,(H,22,26)(H,20,21,25)/t10-,11+/m0/s1. The minimum atomic E-state index is -0.194. The molecule has 28 heavy (non-hydrogen) atoms. The summed E-state index contributed by atoms with van der Waals surface area (Å²) >= 11 is 3.10. The predicted molar refractivity (Wildman–Crippen MR) is 113 cm³/mol. The predicted octanol–water partition coefficient (Wildman–Crippen LogP) is 3.65. The van der Waals surface area contributed by atoms with E-state index in [1.165, 1.54) is 22.2 Å². The molecule has 150 valence electrons. The van der Waals surface area contributed by atoms with Gasteiger partial charge in [0.2, 0.25) is 0 Å². The molecule has 3 heterocycles. The molecule has 0 amide bonds. The number of aromatic nitrogens is 5. The number of hydrogen-bond acceptors (Lipinski definition) is 6. The first-order chi connectivity index (χ1) is 13.5. The van der Waals surface area contributed by atoms with Gasteiger partial charge in [-0.2, -0.15) is 0 Å². The molecule has 1 aliphatic carbocycles. The van der Waals surface area contributed by atoms with Crippen LogP contribution in [-0.2, 0) is 19.4 Å². The lowest BCUT2D eigenvalue weighted by Crippen LogP contribution is -2.18. The number of rotatable bonds is 6. The van der Waals surface area contributed by atoms with E-state index in [2.05, 4.69) is 29.0 Å². The number of aromatic amines is 2. The summed E-state index contributed by atoms with van der Waals surface area (Å²) in [5, 5.41) is 7.96. The second-order valence-corrected chi connectivity index (χ2v) is 9.95. The summed E-state index contributed by atoms with van der Waals surface area (Å²) < 4.78 is 1.66. The normalized spacial score (nSPS) is 17.8. The molecule has 4 rings (SSSR count). The minimum Gasteiger partial charge on any atom is -0.309 e. The molecule has 3 aromatic rings. The first-order valence-electron chi connectivity index (χ1n) is 9.84. The molecule has 0 aliphatic heterocycles. The maximum atomic E-state index is 12.8. The summed E-state index contributed by atoms with van der Waals surface area (Å²) in [6.45, 7) is 6.97. The average Bonchev–Trinajstić information content (AvgIpc) is 3.19. The third-order valence-corrected chi connectivity index (χ3v) is 7.56. The second-order valence-electron chi connectivity index (χ2n) is 7.56. The Kier molecular flexibility index (Phi) is 5.46. The lowest BCUT2D eigenvalue weighted by molar-refractivity contribution is 0.509. The van der Waals surface area contributed by atoms with Crippen LogP contribution in [0.5, 0.6) is 0 Å². The van der Waals surface area contributed by atoms with Crippen LogP contribution < -0.4 is 11.2 Å². The van der Waals surface area contributed by atoms with Crippen molar-refractivity contribution in [1.82, 2.24) is 24.7 Å². The fraction of sp³-hybridized carbons (Fsp3) is 0.579. The first-order valence-corrected chi connectivity index (χ1v) is 11.5.